The summed E-state index contributed by atoms with van der Waals surface area (Å²) >= 11 is 0. The molecule has 1 fully saturated rings. The Hall–Kier alpha value is -1.51. The van der Waals surface area contributed by atoms with E-state index in [2.05, 4.69) is 48.0 Å². The standard InChI is InChI=1S/C14H19N3/c1-10-4-3-5-12(8-10)17-13(15)16-9-14(17,2)11-6-7-11/h3-5,8,11H,6-7,9H2,1-2H3,(H2,15,16). The van der Waals surface area contributed by atoms with Gasteiger partial charge in [-0.15, -0.1) is 0 Å². The van der Waals surface area contributed by atoms with Crippen LogP contribution < -0.4 is 10.6 Å². The first-order valence-corrected chi connectivity index (χ1v) is 6.28. The Balaban J connectivity index is 2.01. The topological polar surface area (TPSA) is 41.6 Å². The Kier molecular flexibility index (Phi) is 2.18. The van der Waals surface area contributed by atoms with Gasteiger partial charge in [-0.3, -0.25) is 4.99 Å². The molecule has 0 amide bonds. The highest BCUT2D eigenvalue weighted by atomic mass is 15.4. The van der Waals surface area contributed by atoms with Crippen LogP contribution in [0.3, 0.4) is 0 Å². The van der Waals surface area contributed by atoms with Gasteiger partial charge in [0, 0.05) is 5.69 Å². The maximum atomic E-state index is 6.08. The minimum Gasteiger partial charge on any atom is -0.369 e. The van der Waals surface area contributed by atoms with Gasteiger partial charge in [-0.2, -0.15) is 0 Å². The van der Waals surface area contributed by atoms with E-state index in [4.69, 9.17) is 5.73 Å². The summed E-state index contributed by atoms with van der Waals surface area (Å²) in [5.74, 6) is 1.41. The minimum absolute atomic E-state index is 0.0951. The van der Waals surface area contributed by atoms with Crippen molar-refractivity contribution in [2.45, 2.75) is 32.2 Å². The number of rotatable bonds is 2. The van der Waals surface area contributed by atoms with Gasteiger partial charge >= 0.3 is 0 Å². The van der Waals surface area contributed by atoms with Crippen molar-refractivity contribution < 1.29 is 0 Å². The van der Waals surface area contributed by atoms with E-state index in [-0.39, 0.29) is 5.54 Å². The van der Waals surface area contributed by atoms with E-state index >= 15 is 0 Å². The van der Waals surface area contributed by atoms with Gasteiger partial charge in [-0.1, -0.05) is 12.1 Å². The molecule has 0 radical (unpaired) electrons. The second-order valence-electron chi connectivity index (χ2n) is 5.48. The molecule has 90 valence electrons. The quantitative estimate of drug-likeness (QED) is 0.845. The molecule has 1 aliphatic carbocycles. The largest absolute Gasteiger partial charge is 0.369 e. The summed E-state index contributed by atoms with van der Waals surface area (Å²) in [4.78, 5) is 6.69. The Morgan fingerprint density at radius 1 is 1.41 bits per heavy atom. The Morgan fingerprint density at radius 3 is 2.82 bits per heavy atom. The third-order valence-corrected chi connectivity index (χ3v) is 4.02. The average molecular weight is 229 g/mol. The molecular weight excluding hydrogens is 210 g/mol. The van der Waals surface area contributed by atoms with Gasteiger partial charge in [-0.25, -0.2) is 0 Å². The Bertz CT molecular complexity index is 476. The number of benzene rings is 1. The molecule has 0 spiro atoms. The van der Waals surface area contributed by atoms with Crippen molar-refractivity contribution in [3.63, 3.8) is 0 Å². The van der Waals surface area contributed by atoms with E-state index in [1.807, 2.05) is 0 Å². The van der Waals surface area contributed by atoms with Crippen LogP contribution in [0.4, 0.5) is 5.69 Å². The fraction of sp³-hybridized carbons (Fsp3) is 0.500. The number of nitrogens with zero attached hydrogens (tertiary/aromatic N) is 2. The van der Waals surface area contributed by atoms with E-state index in [9.17, 15) is 0 Å². The molecule has 0 bridgehead atoms. The molecule has 2 aliphatic rings. The van der Waals surface area contributed by atoms with Crippen molar-refractivity contribution in [1.29, 1.82) is 0 Å². The predicted molar refractivity (Wildman–Crippen MR) is 71.3 cm³/mol. The molecule has 2 N–H and O–H groups in total. The molecule has 3 heteroatoms. The Labute approximate surface area is 102 Å². The van der Waals surface area contributed by atoms with Crippen LogP contribution in [0, 0.1) is 12.8 Å². The van der Waals surface area contributed by atoms with Gasteiger partial charge in [0.15, 0.2) is 5.96 Å². The predicted octanol–water partition coefficient (Wildman–Crippen LogP) is 2.30. The molecule has 1 unspecified atom stereocenters. The number of hydrogen-bond donors (Lipinski definition) is 1. The van der Waals surface area contributed by atoms with Crippen LogP contribution in [-0.2, 0) is 0 Å². The normalized spacial score (nSPS) is 28.4. The zero-order valence-electron chi connectivity index (χ0n) is 10.5. The molecule has 1 saturated carbocycles. The van der Waals surface area contributed by atoms with E-state index in [1.54, 1.807) is 0 Å². The second-order valence-corrected chi connectivity index (χ2v) is 5.48. The van der Waals surface area contributed by atoms with Crippen LogP contribution in [-0.4, -0.2) is 18.0 Å². The van der Waals surface area contributed by atoms with Gasteiger partial charge in [0.1, 0.15) is 0 Å². The Morgan fingerprint density at radius 2 is 2.18 bits per heavy atom. The number of anilines is 1. The monoisotopic (exact) mass is 229 g/mol. The summed E-state index contributed by atoms with van der Waals surface area (Å²) in [6, 6.07) is 8.51. The van der Waals surface area contributed by atoms with Gasteiger partial charge in [0.25, 0.3) is 0 Å². The number of hydrogen-bond acceptors (Lipinski definition) is 3. The summed E-state index contributed by atoms with van der Waals surface area (Å²) < 4.78 is 0. The van der Waals surface area contributed by atoms with Crippen LogP contribution in [0.5, 0.6) is 0 Å². The molecule has 1 aromatic carbocycles. The summed E-state index contributed by atoms with van der Waals surface area (Å²) in [6.45, 7) is 5.23. The van der Waals surface area contributed by atoms with Gasteiger partial charge in [0.05, 0.1) is 12.1 Å². The first kappa shape index (κ1) is 10.6. The van der Waals surface area contributed by atoms with Crippen molar-refractivity contribution >= 4 is 11.6 Å². The molecule has 3 rings (SSSR count). The van der Waals surface area contributed by atoms with Crippen molar-refractivity contribution in [1.82, 2.24) is 0 Å². The maximum Gasteiger partial charge on any atom is 0.196 e. The molecule has 3 nitrogen and oxygen atoms in total. The lowest BCUT2D eigenvalue weighted by molar-refractivity contribution is 0.440. The number of nitrogens with two attached hydrogens (primary N) is 1. The molecule has 0 aromatic heterocycles. The van der Waals surface area contributed by atoms with Crippen LogP contribution in [0.2, 0.25) is 0 Å². The van der Waals surface area contributed by atoms with Gasteiger partial charge in [0.2, 0.25) is 0 Å². The summed E-state index contributed by atoms with van der Waals surface area (Å²) in [5, 5.41) is 0. The van der Waals surface area contributed by atoms with Crippen LogP contribution in [0.1, 0.15) is 25.3 Å². The van der Waals surface area contributed by atoms with E-state index < -0.39 is 0 Å². The lowest BCUT2D eigenvalue weighted by atomic mass is 9.94. The zero-order valence-corrected chi connectivity index (χ0v) is 10.5. The summed E-state index contributed by atoms with van der Waals surface area (Å²) in [7, 11) is 0. The lowest BCUT2D eigenvalue weighted by Crippen LogP contribution is -2.51. The first-order chi connectivity index (χ1) is 8.11. The number of aryl methyl sites for hydroxylation is 1. The maximum absolute atomic E-state index is 6.08. The molecule has 17 heavy (non-hydrogen) atoms. The van der Waals surface area contributed by atoms with Crippen LogP contribution in [0.15, 0.2) is 29.3 Å². The molecule has 1 aliphatic heterocycles. The van der Waals surface area contributed by atoms with E-state index in [0.717, 1.165) is 12.5 Å². The van der Waals surface area contributed by atoms with E-state index in [0.29, 0.717) is 5.96 Å². The summed E-state index contributed by atoms with van der Waals surface area (Å²) in [6.07, 6.45) is 2.61. The molecule has 0 saturated heterocycles. The molecule has 1 aromatic rings. The van der Waals surface area contributed by atoms with Crippen LogP contribution >= 0.6 is 0 Å². The highest BCUT2D eigenvalue weighted by molar-refractivity contribution is 5.98. The average Bonchev–Trinajstić information content (AvgIpc) is 3.07. The van der Waals surface area contributed by atoms with Crippen molar-refractivity contribution in [2.24, 2.45) is 16.6 Å². The summed E-state index contributed by atoms with van der Waals surface area (Å²) in [5.41, 5.74) is 8.62. The van der Waals surface area contributed by atoms with Crippen molar-refractivity contribution in [2.75, 3.05) is 11.4 Å². The smallest absolute Gasteiger partial charge is 0.196 e. The SMILES string of the molecule is Cc1cccc(N2C(N)=NCC2(C)C2CC2)c1. The van der Waals surface area contributed by atoms with Gasteiger partial charge in [-0.05, 0) is 50.3 Å². The van der Waals surface area contributed by atoms with Crippen molar-refractivity contribution in [3.05, 3.63) is 29.8 Å². The highest BCUT2D eigenvalue weighted by Crippen LogP contribution is 2.46. The minimum atomic E-state index is 0.0951. The van der Waals surface area contributed by atoms with Crippen molar-refractivity contribution in [3.8, 4) is 0 Å². The number of guanidine groups is 1. The first-order valence-electron chi connectivity index (χ1n) is 6.28. The van der Waals surface area contributed by atoms with E-state index in [1.165, 1.54) is 24.1 Å². The lowest BCUT2D eigenvalue weighted by Gasteiger charge is -2.36. The fourth-order valence-electron chi connectivity index (χ4n) is 2.86. The second kappa shape index (κ2) is 3.49. The number of aliphatic imine (C=N–C) groups is 1. The zero-order chi connectivity index (χ0) is 12.0. The third kappa shape index (κ3) is 1.61. The fourth-order valence-corrected chi connectivity index (χ4v) is 2.86. The molecular formula is C14H19N3. The third-order valence-electron chi connectivity index (χ3n) is 4.02. The molecule has 1 heterocycles. The highest BCUT2D eigenvalue weighted by Gasteiger charge is 2.49. The van der Waals surface area contributed by atoms with Gasteiger partial charge < -0.3 is 10.6 Å². The molecule has 1 atom stereocenters. The van der Waals surface area contributed by atoms with Crippen LogP contribution in [0.25, 0.3) is 0 Å².